The summed E-state index contributed by atoms with van der Waals surface area (Å²) in [6.07, 6.45) is 1.36. The lowest BCUT2D eigenvalue weighted by Gasteiger charge is -2.28. The largest absolute Gasteiger partial charge is 0.493 e. The Morgan fingerprint density at radius 1 is 1.32 bits per heavy atom. The molecule has 0 unspecified atom stereocenters. The van der Waals surface area contributed by atoms with Crippen molar-refractivity contribution in [2.45, 2.75) is 26.4 Å². The zero-order valence-corrected chi connectivity index (χ0v) is 12.5. The topological polar surface area (TPSA) is 30.5 Å². The lowest BCUT2D eigenvalue weighted by molar-refractivity contribution is 0.0938. The van der Waals surface area contributed by atoms with Crippen LogP contribution in [-0.2, 0) is 0 Å². The third kappa shape index (κ3) is 3.54. The van der Waals surface area contributed by atoms with Gasteiger partial charge in [0.2, 0.25) is 0 Å². The summed E-state index contributed by atoms with van der Waals surface area (Å²) in [5.41, 5.74) is 0. The molecule has 106 valence electrons. The molecule has 1 aromatic rings. The average Bonchev–Trinajstić information content (AvgIpc) is 2.90. The fourth-order valence-corrected chi connectivity index (χ4v) is 2.78. The molecule has 19 heavy (non-hydrogen) atoms. The van der Waals surface area contributed by atoms with Gasteiger partial charge in [-0.1, -0.05) is 25.4 Å². The number of ether oxygens (including phenoxy) is 2. The van der Waals surface area contributed by atoms with E-state index in [0.717, 1.165) is 18.8 Å². The van der Waals surface area contributed by atoms with Gasteiger partial charge in [-0.25, -0.2) is 0 Å². The SMILES string of the molecule is COc1cc(Cl)ccc1O[C@@H](C(C)C)[C@H]1CCNC1. The first-order chi connectivity index (χ1) is 9.11. The summed E-state index contributed by atoms with van der Waals surface area (Å²) in [6.45, 7) is 6.50. The fraction of sp³-hybridized carbons (Fsp3) is 0.600. The van der Waals surface area contributed by atoms with Crippen molar-refractivity contribution in [3.05, 3.63) is 23.2 Å². The Morgan fingerprint density at radius 3 is 2.68 bits per heavy atom. The maximum Gasteiger partial charge on any atom is 0.162 e. The van der Waals surface area contributed by atoms with Crippen molar-refractivity contribution in [2.24, 2.45) is 11.8 Å². The monoisotopic (exact) mass is 283 g/mol. The minimum atomic E-state index is 0.199. The number of nitrogens with one attached hydrogen (secondary N) is 1. The second-order valence-electron chi connectivity index (χ2n) is 5.37. The van der Waals surface area contributed by atoms with E-state index in [1.54, 1.807) is 13.2 Å². The van der Waals surface area contributed by atoms with Crippen molar-refractivity contribution >= 4 is 11.6 Å². The molecular weight excluding hydrogens is 262 g/mol. The Labute approximate surface area is 120 Å². The summed E-state index contributed by atoms with van der Waals surface area (Å²) >= 11 is 5.98. The Balaban J connectivity index is 2.16. The summed E-state index contributed by atoms with van der Waals surface area (Å²) in [4.78, 5) is 0. The molecule has 0 saturated carbocycles. The molecule has 1 N–H and O–H groups in total. The van der Waals surface area contributed by atoms with Gasteiger partial charge in [-0.05, 0) is 31.0 Å². The summed E-state index contributed by atoms with van der Waals surface area (Å²) in [7, 11) is 1.64. The van der Waals surface area contributed by atoms with Gasteiger partial charge in [-0.3, -0.25) is 0 Å². The molecule has 0 bridgehead atoms. The number of halogens is 1. The van der Waals surface area contributed by atoms with Crippen LogP contribution in [0.4, 0.5) is 0 Å². The zero-order valence-electron chi connectivity index (χ0n) is 11.8. The molecule has 1 heterocycles. The summed E-state index contributed by atoms with van der Waals surface area (Å²) < 4.78 is 11.6. The second-order valence-corrected chi connectivity index (χ2v) is 5.81. The van der Waals surface area contributed by atoms with E-state index in [2.05, 4.69) is 19.2 Å². The quantitative estimate of drug-likeness (QED) is 0.899. The van der Waals surface area contributed by atoms with Crippen molar-refractivity contribution in [1.29, 1.82) is 0 Å². The number of hydrogen-bond acceptors (Lipinski definition) is 3. The Bertz CT molecular complexity index is 417. The van der Waals surface area contributed by atoms with Crippen LogP contribution in [0.15, 0.2) is 18.2 Å². The Hall–Kier alpha value is -0.930. The van der Waals surface area contributed by atoms with Gasteiger partial charge in [0.15, 0.2) is 11.5 Å². The predicted octanol–water partition coefficient (Wildman–Crippen LogP) is 3.36. The molecule has 2 rings (SSSR count). The highest BCUT2D eigenvalue weighted by Crippen LogP contribution is 2.33. The third-order valence-electron chi connectivity index (χ3n) is 3.61. The van der Waals surface area contributed by atoms with Crippen LogP contribution < -0.4 is 14.8 Å². The van der Waals surface area contributed by atoms with Crippen LogP contribution >= 0.6 is 11.6 Å². The summed E-state index contributed by atoms with van der Waals surface area (Å²) in [5.74, 6) is 2.49. The molecule has 1 saturated heterocycles. The van der Waals surface area contributed by atoms with E-state index < -0.39 is 0 Å². The number of methoxy groups -OCH3 is 1. The predicted molar refractivity (Wildman–Crippen MR) is 78.2 cm³/mol. The van der Waals surface area contributed by atoms with Crippen LogP contribution in [0.5, 0.6) is 11.5 Å². The standard InChI is InChI=1S/C15H22ClNO2/c1-10(2)15(11-6-7-17-9-11)19-13-5-4-12(16)8-14(13)18-3/h4-5,8,10-11,15,17H,6-7,9H2,1-3H3/t11-,15-/m0/s1. The van der Waals surface area contributed by atoms with Crippen molar-refractivity contribution in [3.8, 4) is 11.5 Å². The Kier molecular flexibility index (Phi) is 4.94. The van der Waals surface area contributed by atoms with E-state index in [-0.39, 0.29) is 6.10 Å². The molecule has 1 fully saturated rings. The highest BCUT2D eigenvalue weighted by Gasteiger charge is 2.29. The zero-order chi connectivity index (χ0) is 13.8. The number of hydrogen-bond donors (Lipinski definition) is 1. The molecule has 0 spiro atoms. The van der Waals surface area contributed by atoms with Gasteiger partial charge in [-0.15, -0.1) is 0 Å². The molecule has 0 amide bonds. The molecule has 0 aromatic heterocycles. The van der Waals surface area contributed by atoms with Crippen LogP contribution in [0.25, 0.3) is 0 Å². The van der Waals surface area contributed by atoms with Gasteiger partial charge in [-0.2, -0.15) is 0 Å². The molecule has 4 heteroatoms. The van der Waals surface area contributed by atoms with Crippen LogP contribution in [0.1, 0.15) is 20.3 Å². The number of benzene rings is 1. The molecule has 1 aliphatic heterocycles. The van der Waals surface area contributed by atoms with Gasteiger partial charge in [0.05, 0.1) is 7.11 Å². The van der Waals surface area contributed by atoms with E-state index in [1.165, 1.54) is 6.42 Å². The van der Waals surface area contributed by atoms with Crippen molar-refractivity contribution in [2.75, 3.05) is 20.2 Å². The first-order valence-corrected chi connectivity index (χ1v) is 7.20. The van der Waals surface area contributed by atoms with Crippen LogP contribution in [0, 0.1) is 11.8 Å². The lowest BCUT2D eigenvalue weighted by atomic mass is 9.92. The average molecular weight is 284 g/mol. The third-order valence-corrected chi connectivity index (χ3v) is 3.84. The molecule has 2 atom stereocenters. The van der Waals surface area contributed by atoms with Gasteiger partial charge in [0, 0.05) is 23.6 Å². The normalized spacial score (nSPS) is 20.6. The van der Waals surface area contributed by atoms with Crippen LogP contribution in [0.2, 0.25) is 5.02 Å². The molecule has 1 aliphatic rings. The highest BCUT2D eigenvalue weighted by atomic mass is 35.5. The van der Waals surface area contributed by atoms with Crippen molar-refractivity contribution in [3.63, 3.8) is 0 Å². The molecule has 3 nitrogen and oxygen atoms in total. The van der Waals surface area contributed by atoms with E-state index in [0.29, 0.717) is 22.6 Å². The van der Waals surface area contributed by atoms with Gasteiger partial charge >= 0.3 is 0 Å². The fourth-order valence-electron chi connectivity index (χ4n) is 2.62. The maximum atomic E-state index is 6.21. The maximum absolute atomic E-state index is 6.21. The van der Waals surface area contributed by atoms with Crippen molar-refractivity contribution in [1.82, 2.24) is 5.32 Å². The van der Waals surface area contributed by atoms with Gasteiger partial charge < -0.3 is 14.8 Å². The molecular formula is C15H22ClNO2. The Morgan fingerprint density at radius 2 is 2.11 bits per heavy atom. The van der Waals surface area contributed by atoms with E-state index in [9.17, 15) is 0 Å². The summed E-state index contributed by atoms with van der Waals surface area (Å²) in [5, 5.41) is 4.06. The minimum Gasteiger partial charge on any atom is -0.493 e. The van der Waals surface area contributed by atoms with Crippen LogP contribution in [-0.4, -0.2) is 26.3 Å². The van der Waals surface area contributed by atoms with E-state index in [1.807, 2.05) is 12.1 Å². The minimum absolute atomic E-state index is 0.199. The first-order valence-electron chi connectivity index (χ1n) is 6.82. The smallest absolute Gasteiger partial charge is 0.162 e. The van der Waals surface area contributed by atoms with Gasteiger partial charge in [0.1, 0.15) is 6.10 Å². The van der Waals surface area contributed by atoms with Gasteiger partial charge in [0.25, 0.3) is 0 Å². The first kappa shape index (κ1) is 14.5. The number of rotatable bonds is 5. The summed E-state index contributed by atoms with van der Waals surface area (Å²) in [6, 6.07) is 5.52. The second kappa shape index (κ2) is 6.49. The van der Waals surface area contributed by atoms with E-state index >= 15 is 0 Å². The lowest BCUT2D eigenvalue weighted by Crippen LogP contribution is -2.33. The molecule has 0 radical (unpaired) electrons. The highest BCUT2D eigenvalue weighted by molar-refractivity contribution is 6.30. The van der Waals surface area contributed by atoms with Crippen LogP contribution in [0.3, 0.4) is 0 Å². The van der Waals surface area contributed by atoms with E-state index in [4.69, 9.17) is 21.1 Å². The molecule has 0 aliphatic carbocycles. The van der Waals surface area contributed by atoms with Crippen molar-refractivity contribution < 1.29 is 9.47 Å². The molecule has 1 aromatic carbocycles.